The standard InChI is InChI=1S/C12H13FN2O/c1-9(12(16)15-6-5-14)7-10-3-2-4-11(13)8-10/h2-4,8-9H,6-7H2,1H3,(H,15,16)/t9-/m0/s1. The van der Waals surface area contributed by atoms with Crippen molar-refractivity contribution in [2.75, 3.05) is 6.54 Å². The average Bonchev–Trinajstić information content (AvgIpc) is 2.25. The second-order valence-corrected chi connectivity index (χ2v) is 3.61. The van der Waals surface area contributed by atoms with E-state index < -0.39 is 0 Å². The van der Waals surface area contributed by atoms with Gasteiger partial charge >= 0.3 is 0 Å². The van der Waals surface area contributed by atoms with Crippen LogP contribution in [-0.2, 0) is 11.2 Å². The molecule has 0 saturated carbocycles. The fourth-order valence-electron chi connectivity index (χ4n) is 1.41. The van der Waals surface area contributed by atoms with Gasteiger partial charge in [-0.05, 0) is 24.1 Å². The van der Waals surface area contributed by atoms with Crippen molar-refractivity contribution in [3.8, 4) is 6.07 Å². The lowest BCUT2D eigenvalue weighted by molar-refractivity contribution is -0.124. The second kappa shape index (κ2) is 5.86. The van der Waals surface area contributed by atoms with Gasteiger partial charge in [-0.25, -0.2) is 4.39 Å². The van der Waals surface area contributed by atoms with Crippen LogP contribution in [-0.4, -0.2) is 12.5 Å². The van der Waals surface area contributed by atoms with Crippen molar-refractivity contribution in [2.24, 2.45) is 5.92 Å². The summed E-state index contributed by atoms with van der Waals surface area (Å²) in [5.74, 6) is -0.761. The normalized spacial score (nSPS) is 11.6. The summed E-state index contributed by atoms with van der Waals surface area (Å²) < 4.78 is 12.9. The van der Waals surface area contributed by atoms with Gasteiger partial charge in [0.05, 0.1) is 6.07 Å². The largest absolute Gasteiger partial charge is 0.343 e. The first-order valence-electron chi connectivity index (χ1n) is 5.02. The predicted octanol–water partition coefficient (Wildman–Crippen LogP) is 1.64. The lowest BCUT2D eigenvalue weighted by Gasteiger charge is -2.10. The molecule has 1 atom stereocenters. The number of halogens is 1. The number of hydrogen-bond donors (Lipinski definition) is 1. The third kappa shape index (κ3) is 3.70. The number of carbonyl (C=O) groups is 1. The summed E-state index contributed by atoms with van der Waals surface area (Å²) in [5, 5.41) is 10.8. The Morgan fingerprint density at radius 1 is 1.62 bits per heavy atom. The Bertz CT molecular complexity index is 412. The van der Waals surface area contributed by atoms with Gasteiger partial charge in [-0.1, -0.05) is 19.1 Å². The van der Waals surface area contributed by atoms with Gasteiger partial charge in [-0.15, -0.1) is 0 Å². The van der Waals surface area contributed by atoms with Crippen LogP contribution < -0.4 is 5.32 Å². The first-order valence-corrected chi connectivity index (χ1v) is 5.02. The monoisotopic (exact) mass is 220 g/mol. The number of rotatable bonds is 4. The number of nitrogens with zero attached hydrogens (tertiary/aromatic N) is 1. The van der Waals surface area contributed by atoms with E-state index in [1.807, 2.05) is 6.07 Å². The third-order valence-electron chi connectivity index (χ3n) is 2.22. The molecule has 0 fully saturated rings. The summed E-state index contributed by atoms with van der Waals surface area (Å²) >= 11 is 0. The molecule has 0 radical (unpaired) electrons. The highest BCUT2D eigenvalue weighted by molar-refractivity contribution is 5.78. The van der Waals surface area contributed by atoms with E-state index >= 15 is 0 Å². The van der Waals surface area contributed by atoms with Crippen LogP contribution in [0.2, 0.25) is 0 Å². The molecule has 1 aromatic rings. The van der Waals surface area contributed by atoms with E-state index in [0.717, 1.165) is 5.56 Å². The molecule has 1 aromatic carbocycles. The summed E-state index contributed by atoms with van der Waals surface area (Å²) in [6.07, 6.45) is 0.467. The van der Waals surface area contributed by atoms with Crippen LogP contribution in [0.4, 0.5) is 4.39 Å². The van der Waals surface area contributed by atoms with Crippen molar-refractivity contribution < 1.29 is 9.18 Å². The Hall–Kier alpha value is -1.89. The fourth-order valence-corrected chi connectivity index (χ4v) is 1.41. The summed E-state index contributed by atoms with van der Waals surface area (Å²) in [7, 11) is 0. The molecule has 0 bridgehead atoms. The Morgan fingerprint density at radius 3 is 3.00 bits per heavy atom. The molecule has 1 rings (SSSR count). The molecule has 0 aliphatic heterocycles. The van der Waals surface area contributed by atoms with Crippen LogP contribution in [0.15, 0.2) is 24.3 Å². The molecule has 84 valence electrons. The van der Waals surface area contributed by atoms with Crippen molar-refractivity contribution in [1.29, 1.82) is 5.26 Å². The zero-order valence-corrected chi connectivity index (χ0v) is 9.03. The Balaban J connectivity index is 2.54. The van der Waals surface area contributed by atoms with Gasteiger partial charge in [-0.2, -0.15) is 5.26 Å². The average molecular weight is 220 g/mol. The van der Waals surface area contributed by atoms with Gasteiger partial charge < -0.3 is 5.32 Å². The van der Waals surface area contributed by atoms with Crippen molar-refractivity contribution in [2.45, 2.75) is 13.3 Å². The van der Waals surface area contributed by atoms with Crippen LogP contribution in [0.25, 0.3) is 0 Å². The molecular formula is C12H13FN2O. The van der Waals surface area contributed by atoms with E-state index in [4.69, 9.17) is 5.26 Å². The molecular weight excluding hydrogens is 207 g/mol. The minimum atomic E-state index is -0.304. The van der Waals surface area contributed by atoms with Gasteiger partial charge in [0.1, 0.15) is 12.4 Å². The number of amides is 1. The minimum absolute atomic E-state index is 0.00627. The van der Waals surface area contributed by atoms with Crippen molar-refractivity contribution in [1.82, 2.24) is 5.32 Å². The quantitative estimate of drug-likeness (QED) is 0.784. The highest BCUT2D eigenvalue weighted by atomic mass is 19.1. The van der Waals surface area contributed by atoms with Crippen LogP contribution in [0.5, 0.6) is 0 Å². The summed E-state index contributed by atoms with van der Waals surface area (Å²) in [6, 6.07) is 8.00. The van der Waals surface area contributed by atoms with Crippen molar-refractivity contribution in [3.05, 3.63) is 35.6 Å². The zero-order chi connectivity index (χ0) is 12.0. The molecule has 0 spiro atoms. The maximum Gasteiger partial charge on any atom is 0.223 e. The van der Waals surface area contributed by atoms with E-state index in [0.29, 0.717) is 6.42 Å². The summed E-state index contributed by atoms with van der Waals surface area (Å²) in [5.41, 5.74) is 0.777. The third-order valence-corrected chi connectivity index (χ3v) is 2.22. The van der Waals surface area contributed by atoms with Crippen LogP contribution in [0.3, 0.4) is 0 Å². The summed E-state index contributed by atoms with van der Waals surface area (Å²) in [6.45, 7) is 1.75. The maximum absolute atomic E-state index is 12.9. The molecule has 0 aliphatic rings. The topological polar surface area (TPSA) is 52.9 Å². The lowest BCUT2D eigenvalue weighted by Crippen LogP contribution is -2.30. The Labute approximate surface area is 93.9 Å². The van der Waals surface area contributed by atoms with E-state index in [2.05, 4.69) is 5.32 Å². The first kappa shape index (κ1) is 12.2. The van der Waals surface area contributed by atoms with Crippen molar-refractivity contribution >= 4 is 5.91 Å². The van der Waals surface area contributed by atoms with Crippen LogP contribution >= 0.6 is 0 Å². The van der Waals surface area contributed by atoms with Crippen molar-refractivity contribution in [3.63, 3.8) is 0 Å². The highest BCUT2D eigenvalue weighted by Gasteiger charge is 2.12. The van der Waals surface area contributed by atoms with Gasteiger partial charge in [0.25, 0.3) is 0 Å². The number of nitrogens with one attached hydrogen (secondary N) is 1. The molecule has 0 aliphatic carbocycles. The maximum atomic E-state index is 12.9. The zero-order valence-electron chi connectivity index (χ0n) is 9.03. The number of benzene rings is 1. The molecule has 1 amide bonds. The van der Waals surface area contributed by atoms with E-state index in [1.54, 1.807) is 19.1 Å². The Kier molecular flexibility index (Phi) is 4.46. The SMILES string of the molecule is C[C@@H](Cc1cccc(F)c1)C(=O)NCC#N. The molecule has 0 aromatic heterocycles. The summed E-state index contributed by atoms with van der Waals surface area (Å²) in [4.78, 5) is 11.4. The number of hydrogen-bond acceptors (Lipinski definition) is 2. The number of nitriles is 1. The van der Waals surface area contributed by atoms with Gasteiger partial charge in [0, 0.05) is 5.92 Å². The van der Waals surface area contributed by atoms with Gasteiger partial charge in [0.15, 0.2) is 0 Å². The molecule has 1 N–H and O–H groups in total. The highest BCUT2D eigenvalue weighted by Crippen LogP contribution is 2.10. The predicted molar refractivity (Wildman–Crippen MR) is 57.9 cm³/mol. The first-order chi connectivity index (χ1) is 7.63. The molecule has 0 unspecified atom stereocenters. The molecule has 0 saturated heterocycles. The lowest BCUT2D eigenvalue weighted by atomic mass is 10.0. The minimum Gasteiger partial charge on any atom is -0.343 e. The van der Waals surface area contributed by atoms with E-state index in [9.17, 15) is 9.18 Å². The Morgan fingerprint density at radius 2 is 2.38 bits per heavy atom. The molecule has 16 heavy (non-hydrogen) atoms. The molecule has 0 heterocycles. The fraction of sp³-hybridized carbons (Fsp3) is 0.333. The number of carbonyl (C=O) groups excluding carboxylic acids is 1. The second-order valence-electron chi connectivity index (χ2n) is 3.61. The van der Waals surface area contributed by atoms with Crippen LogP contribution in [0.1, 0.15) is 12.5 Å². The van der Waals surface area contributed by atoms with E-state index in [-0.39, 0.29) is 24.2 Å². The van der Waals surface area contributed by atoms with Gasteiger partial charge in [-0.3, -0.25) is 4.79 Å². The molecule has 4 heteroatoms. The van der Waals surface area contributed by atoms with Gasteiger partial charge in [0.2, 0.25) is 5.91 Å². The molecule has 3 nitrogen and oxygen atoms in total. The van der Waals surface area contributed by atoms with E-state index in [1.165, 1.54) is 12.1 Å². The smallest absolute Gasteiger partial charge is 0.223 e. The van der Waals surface area contributed by atoms with Crippen LogP contribution in [0, 0.1) is 23.1 Å².